The molecule has 1 atom stereocenters. The monoisotopic (exact) mass is 271 g/mol. The molecular formula is C18H25NO. The van der Waals surface area contributed by atoms with Gasteiger partial charge in [-0.2, -0.15) is 0 Å². The second-order valence-electron chi connectivity index (χ2n) is 6.46. The van der Waals surface area contributed by atoms with Crippen molar-refractivity contribution >= 4 is 5.78 Å². The number of benzene rings is 1. The van der Waals surface area contributed by atoms with Crippen LogP contribution in [0.5, 0.6) is 0 Å². The molecule has 2 heteroatoms. The number of aryl methyl sites for hydroxylation is 1. The van der Waals surface area contributed by atoms with Crippen molar-refractivity contribution in [3.8, 4) is 0 Å². The van der Waals surface area contributed by atoms with Gasteiger partial charge in [0.15, 0.2) is 5.78 Å². The Balaban J connectivity index is 1.67. The van der Waals surface area contributed by atoms with E-state index in [0.717, 1.165) is 23.6 Å². The first-order valence-corrected chi connectivity index (χ1v) is 8.08. The fraction of sp³-hybridized carbons (Fsp3) is 0.611. The molecule has 0 radical (unpaired) electrons. The zero-order valence-corrected chi connectivity index (χ0v) is 12.5. The van der Waals surface area contributed by atoms with E-state index >= 15 is 0 Å². The highest BCUT2D eigenvalue weighted by molar-refractivity contribution is 5.98. The molecule has 1 unspecified atom stereocenters. The first-order valence-electron chi connectivity index (χ1n) is 8.08. The molecular weight excluding hydrogens is 246 g/mol. The van der Waals surface area contributed by atoms with Crippen LogP contribution in [0.1, 0.15) is 54.4 Å². The second-order valence-corrected chi connectivity index (χ2v) is 6.46. The van der Waals surface area contributed by atoms with Gasteiger partial charge in [0.05, 0.1) is 6.54 Å². The first kappa shape index (κ1) is 13.8. The summed E-state index contributed by atoms with van der Waals surface area (Å²) in [6, 6.07) is 8.65. The molecule has 1 aliphatic carbocycles. The average molecular weight is 271 g/mol. The van der Waals surface area contributed by atoms with E-state index in [1.807, 2.05) is 31.2 Å². The molecule has 0 spiro atoms. The highest BCUT2D eigenvalue weighted by atomic mass is 16.1. The Morgan fingerprint density at radius 2 is 1.90 bits per heavy atom. The lowest BCUT2D eigenvalue weighted by Crippen LogP contribution is -2.38. The molecule has 108 valence electrons. The van der Waals surface area contributed by atoms with E-state index < -0.39 is 0 Å². The molecule has 1 aliphatic heterocycles. The van der Waals surface area contributed by atoms with Crippen molar-refractivity contribution in [2.24, 2.45) is 5.92 Å². The van der Waals surface area contributed by atoms with Gasteiger partial charge in [0, 0.05) is 11.6 Å². The van der Waals surface area contributed by atoms with Crippen LogP contribution in [0.4, 0.5) is 0 Å². The Labute approximate surface area is 122 Å². The largest absolute Gasteiger partial charge is 0.293 e. The molecule has 0 N–H and O–H groups in total. The number of carbonyl (C=O) groups excluding carboxylic acids is 1. The third kappa shape index (κ3) is 2.80. The summed E-state index contributed by atoms with van der Waals surface area (Å²) in [4.78, 5) is 15.0. The zero-order chi connectivity index (χ0) is 13.9. The van der Waals surface area contributed by atoms with Crippen molar-refractivity contribution in [1.82, 2.24) is 4.90 Å². The van der Waals surface area contributed by atoms with Crippen molar-refractivity contribution in [1.29, 1.82) is 0 Å². The number of likely N-dealkylation sites (tertiary alicyclic amines) is 1. The van der Waals surface area contributed by atoms with Crippen molar-refractivity contribution < 1.29 is 4.79 Å². The summed E-state index contributed by atoms with van der Waals surface area (Å²) >= 11 is 0. The van der Waals surface area contributed by atoms with E-state index in [9.17, 15) is 4.79 Å². The fourth-order valence-corrected chi connectivity index (χ4v) is 4.08. The maximum atomic E-state index is 12.5. The van der Waals surface area contributed by atoms with Gasteiger partial charge in [-0.1, -0.05) is 37.1 Å². The molecule has 1 saturated heterocycles. The van der Waals surface area contributed by atoms with Crippen LogP contribution in [0.2, 0.25) is 0 Å². The molecule has 1 aromatic rings. The van der Waals surface area contributed by atoms with Gasteiger partial charge < -0.3 is 0 Å². The molecule has 2 nitrogen and oxygen atoms in total. The number of hydrogen-bond acceptors (Lipinski definition) is 2. The van der Waals surface area contributed by atoms with Gasteiger partial charge in [-0.25, -0.2) is 0 Å². The van der Waals surface area contributed by atoms with Gasteiger partial charge in [-0.3, -0.25) is 9.69 Å². The summed E-state index contributed by atoms with van der Waals surface area (Å²) in [7, 11) is 0. The van der Waals surface area contributed by atoms with E-state index in [2.05, 4.69) is 4.90 Å². The van der Waals surface area contributed by atoms with E-state index in [-0.39, 0.29) is 0 Å². The lowest BCUT2D eigenvalue weighted by Gasteiger charge is -2.28. The van der Waals surface area contributed by atoms with Crippen LogP contribution in [-0.2, 0) is 0 Å². The maximum absolute atomic E-state index is 12.5. The topological polar surface area (TPSA) is 20.3 Å². The number of hydrogen-bond donors (Lipinski definition) is 0. The van der Waals surface area contributed by atoms with Crippen molar-refractivity contribution in [2.45, 2.75) is 51.5 Å². The minimum absolute atomic E-state index is 0.299. The SMILES string of the molecule is Cc1ccccc1C(=O)CN1CCCC1C1CCCC1. The van der Waals surface area contributed by atoms with Crippen LogP contribution in [0.25, 0.3) is 0 Å². The van der Waals surface area contributed by atoms with Crippen LogP contribution in [0.3, 0.4) is 0 Å². The molecule has 1 aromatic carbocycles. The Hall–Kier alpha value is -1.15. The van der Waals surface area contributed by atoms with Crippen LogP contribution < -0.4 is 0 Å². The molecule has 0 bridgehead atoms. The smallest absolute Gasteiger partial charge is 0.177 e. The van der Waals surface area contributed by atoms with Crippen molar-refractivity contribution in [2.75, 3.05) is 13.1 Å². The summed E-state index contributed by atoms with van der Waals surface area (Å²) in [5.74, 6) is 1.15. The summed E-state index contributed by atoms with van der Waals surface area (Å²) in [5, 5.41) is 0. The lowest BCUT2D eigenvalue weighted by atomic mass is 9.95. The van der Waals surface area contributed by atoms with E-state index in [1.54, 1.807) is 0 Å². The summed E-state index contributed by atoms with van der Waals surface area (Å²) in [6.07, 6.45) is 8.09. The third-order valence-corrected chi connectivity index (χ3v) is 5.15. The third-order valence-electron chi connectivity index (χ3n) is 5.15. The molecule has 0 amide bonds. The predicted octanol–water partition coefficient (Wildman–Crippen LogP) is 3.83. The Morgan fingerprint density at radius 1 is 1.15 bits per heavy atom. The van der Waals surface area contributed by atoms with Gasteiger partial charge in [-0.05, 0) is 50.6 Å². The molecule has 2 fully saturated rings. The van der Waals surface area contributed by atoms with Crippen LogP contribution in [0.15, 0.2) is 24.3 Å². The Kier molecular flexibility index (Phi) is 4.21. The first-order chi connectivity index (χ1) is 9.75. The molecule has 1 saturated carbocycles. The van der Waals surface area contributed by atoms with E-state index in [0.29, 0.717) is 18.4 Å². The molecule has 20 heavy (non-hydrogen) atoms. The van der Waals surface area contributed by atoms with E-state index in [4.69, 9.17) is 0 Å². The number of carbonyl (C=O) groups is 1. The van der Waals surface area contributed by atoms with Crippen LogP contribution in [-0.4, -0.2) is 29.8 Å². The Bertz CT molecular complexity index is 476. The molecule has 1 heterocycles. The van der Waals surface area contributed by atoms with Crippen molar-refractivity contribution in [3.05, 3.63) is 35.4 Å². The normalized spacial score (nSPS) is 24.4. The predicted molar refractivity (Wildman–Crippen MR) is 82.1 cm³/mol. The van der Waals surface area contributed by atoms with Crippen LogP contribution in [0, 0.1) is 12.8 Å². The lowest BCUT2D eigenvalue weighted by molar-refractivity contribution is 0.0895. The van der Waals surface area contributed by atoms with Gasteiger partial charge >= 0.3 is 0 Å². The minimum Gasteiger partial charge on any atom is -0.293 e. The van der Waals surface area contributed by atoms with Crippen LogP contribution >= 0.6 is 0 Å². The van der Waals surface area contributed by atoms with Gasteiger partial charge in [0.2, 0.25) is 0 Å². The number of ketones is 1. The van der Waals surface area contributed by atoms with Crippen molar-refractivity contribution in [3.63, 3.8) is 0 Å². The number of nitrogens with zero attached hydrogens (tertiary/aromatic N) is 1. The van der Waals surface area contributed by atoms with Gasteiger partial charge in [-0.15, -0.1) is 0 Å². The molecule has 2 aliphatic rings. The Morgan fingerprint density at radius 3 is 2.65 bits per heavy atom. The van der Waals surface area contributed by atoms with E-state index in [1.165, 1.54) is 38.5 Å². The maximum Gasteiger partial charge on any atom is 0.177 e. The quantitative estimate of drug-likeness (QED) is 0.776. The minimum atomic E-state index is 0.299. The van der Waals surface area contributed by atoms with Gasteiger partial charge in [0.25, 0.3) is 0 Å². The molecule has 0 aromatic heterocycles. The number of rotatable bonds is 4. The highest BCUT2D eigenvalue weighted by Gasteiger charge is 2.34. The highest BCUT2D eigenvalue weighted by Crippen LogP contribution is 2.35. The fourth-order valence-electron chi connectivity index (χ4n) is 4.08. The van der Waals surface area contributed by atoms with Gasteiger partial charge in [0.1, 0.15) is 0 Å². The summed E-state index contributed by atoms with van der Waals surface area (Å²) in [5.41, 5.74) is 2.01. The average Bonchev–Trinajstić information content (AvgIpc) is 3.09. The zero-order valence-electron chi connectivity index (χ0n) is 12.5. The molecule has 3 rings (SSSR count). The second kappa shape index (κ2) is 6.09. The summed E-state index contributed by atoms with van der Waals surface area (Å²) < 4.78 is 0. The standard InChI is InChI=1S/C18H25NO/c1-14-7-2-5-10-16(14)18(20)13-19-12-6-11-17(19)15-8-3-4-9-15/h2,5,7,10,15,17H,3-4,6,8-9,11-13H2,1H3. The number of Topliss-reactive ketones (excluding diaryl/α,β-unsaturated/α-hetero) is 1. The summed E-state index contributed by atoms with van der Waals surface area (Å²) in [6.45, 7) is 3.76.